The number of nitrogens with zero attached hydrogens (tertiary/aromatic N) is 3. The number of ether oxygens (including phenoxy) is 4. The Bertz CT molecular complexity index is 2680. The van der Waals surface area contributed by atoms with Crippen molar-refractivity contribution in [2.45, 2.75) is 6.42 Å². The number of nitrogen functional groups attached to an aromatic ring is 1. The summed E-state index contributed by atoms with van der Waals surface area (Å²) in [4.78, 5) is 73.2. The summed E-state index contributed by atoms with van der Waals surface area (Å²) in [5.74, 6) is -2.20. The maximum Gasteiger partial charge on any atom is 0.265 e. The molecule has 3 N–H and O–H groups in total. The van der Waals surface area contributed by atoms with Crippen molar-refractivity contribution in [1.82, 2.24) is 0 Å². The van der Waals surface area contributed by atoms with Crippen LogP contribution in [0.25, 0.3) is 21.5 Å². The van der Waals surface area contributed by atoms with Gasteiger partial charge in [-0.05, 0) is 78.4 Å². The molecule has 0 aromatic heterocycles. The molecule has 0 aliphatic carbocycles. The van der Waals surface area contributed by atoms with Gasteiger partial charge >= 0.3 is 0 Å². The SMILES string of the molecule is Nc1ccc2c3c(cccc13)C(=O)N(c1ccc(CC(=O)Nc3ccc4c5c(cccc35)C(=O)N(c3ccc(N5CCOCCOCCOCCOCC5)cc3)C4=O)cc1)C2=O. The van der Waals surface area contributed by atoms with Crippen LogP contribution in [0.4, 0.5) is 28.4 Å². The van der Waals surface area contributed by atoms with Crippen molar-refractivity contribution in [3.63, 3.8) is 0 Å². The maximum absolute atomic E-state index is 14.1. The van der Waals surface area contributed by atoms with E-state index in [2.05, 4.69) is 10.2 Å². The molecule has 0 spiro atoms. The number of carbonyl (C=O) groups excluding carboxylic acids is 5. The van der Waals surface area contributed by atoms with E-state index in [0.717, 1.165) is 10.6 Å². The molecule has 1 saturated heterocycles. The first-order chi connectivity index (χ1) is 30.3. The van der Waals surface area contributed by atoms with Crippen LogP contribution >= 0.6 is 0 Å². The van der Waals surface area contributed by atoms with E-state index in [1.165, 1.54) is 4.90 Å². The Kier molecular flexibility index (Phi) is 11.5. The first kappa shape index (κ1) is 40.4. The standard InChI is InChI=1S/C48H43N5O9/c49-40-17-15-38-43-34(40)3-1-5-36(43)45(55)52(47(38)57)32-9-7-30(8-10-32)29-42(54)50-41-18-16-39-44-35(41)4-2-6-37(44)46(56)53(48(39)58)33-13-11-31(12-14-33)51-19-21-59-23-25-61-27-28-62-26-24-60-22-20-51/h1-18H,19-29,49H2,(H,50,54). The van der Waals surface area contributed by atoms with Crippen LogP contribution < -0.4 is 25.8 Å². The fraction of sp³-hybridized carbons (Fsp3) is 0.229. The molecule has 9 rings (SSSR count). The summed E-state index contributed by atoms with van der Waals surface area (Å²) in [5, 5.41) is 5.17. The summed E-state index contributed by atoms with van der Waals surface area (Å²) in [6.07, 6.45) is -0.0183. The molecule has 62 heavy (non-hydrogen) atoms. The van der Waals surface area contributed by atoms with E-state index in [0.29, 0.717) is 138 Å². The molecule has 0 saturated carbocycles. The molecule has 3 heterocycles. The molecule has 1 fully saturated rings. The Labute approximate surface area is 356 Å². The highest BCUT2D eigenvalue weighted by Gasteiger charge is 2.36. The van der Waals surface area contributed by atoms with Gasteiger partial charge in [-0.15, -0.1) is 0 Å². The van der Waals surface area contributed by atoms with Crippen molar-refractivity contribution in [3.05, 3.63) is 137 Å². The molecule has 14 heteroatoms. The van der Waals surface area contributed by atoms with Crippen molar-refractivity contribution < 1.29 is 42.9 Å². The van der Waals surface area contributed by atoms with Gasteiger partial charge in [0.2, 0.25) is 5.91 Å². The Morgan fingerprint density at radius 3 is 1.48 bits per heavy atom. The van der Waals surface area contributed by atoms with Crippen LogP contribution in [0.3, 0.4) is 0 Å². The molecule has 0 radical (unpaired) electrons. The molecule has 3 aliphatic heterocycles. The zero-order valence-corrected chi connectivity index (χ0v) is 33.8. The molecule has 0 unspecified atom stereocenters. The Morgan fingerprint density at radius 2 is 0.935 bits per heavy atom. The van der Waals surface area contributed by atoms with E-state index in [4.69, 9.17) is 24.7 Å². The summed E-state index contributed by atoms with van der Waals surface area (Å²) in [6, 6.07) is 30.9. The number of benzene rings is 6. The van der Waals surface area contributed by atoms with E-state index in [1.54, 1.807) is 97.1 Å². The summed E-state index contributed by atoms with van der Waals surface area (Å²) in [5.41, 5.74) is 10.8. The molecule has 14 nitrogen and oxygen atoms in total. The van der Waals surface area contributed by atoms with E-state index in [-0.39, 0.29) is 12.3 Å². The number of nitrogens with two attached hydrogens (primary N) is 1. The van der Waals surface area contributed by atoms with Crippen LogP contribution in [0.2, 0.25) is 0 Å². The Balaban J connectivity index is 0.882. The highest BCUT2D eigenvalue weighted by molar-refractivity contribution is 6.37. The maximum atomic E-state index is 14.1. The lowest BCUT2D eigenvalue weighted by Gasteiger charge is -2.29. The van der Waals surface area contributed by atoms with Crippen LogP contribution in [0, 0.1) is 0 Å². The van der Waals surface area contributed by atoms with E-state index in [9.17, 15) is 24.0 Å². The van der Waals surface area contributed by atoms with Gasteiger partial charge in [0.05, 0.1) is 70.7 Å². The van der Waals surface area contributed by atoms with Crippen molar-refractivity contribution in [1.29, 1.82) is 0 Å². The highest BCUT2D eigenvalue weighted by Crippen LogP contribution is 2.38. The number of hydrogen-bond donors (Lipinski definition) is 2. The molecule has 3 aliphatic rings. The fourth-order valence-corrected chi connectivity index (χ4v) is 8.23. The minimum atomic E-state index is -0.472. The van der Waals surface area contributed by atoms with Crippen LogP contribution in [0.1, 0.15) is 47.0 Å². The summed E-state index contributed by atoms with van der Waals surface area (Å²) < 4.78 is 22.6. The number of imide groups is 2. The number of hydrogen-bond acceptors (Lipinski definition) is 11. The number of amides is 5. The first-order valence-corrected chi connectivity index (χ1v) is 20.5. The minimum absolute atomic E-state index is 0.0183. The number of anilines is 5. The summed E-state index contributed by atoms with van der Waals surface area (Å²) in [6.45, 7) is 5.10. The smallest absolute Gasteiger partial charge is 0.265 e. The molecule has 6 aromatic carbocycles. The lowest BCUT2D eigenvalue weighted by molar-refractivity contribution is -0.115. The minimum Gasteiger partial charge on any atom is -0.398 e. The molecular weight excluding hydrogens is 791 g/mol. The third-order valence-corrected chi connectivity index (χ3v) is 11.3. The molecule has 0 bridgehead atoms. The molecule has 5 amide bonds. The van der Waals surface area contributed by atoms with Crippen LogP contribution in [-0.4, -0.2) is 95.5 Å². The molecule has 6 aromatic rings. The van der Waals surface area contributed by atoms with Gasteiger partial charge in [-0.25, -0.2) is 9.80 Å². The Hall–Kier alpha value is -6.97. The van der Waals surface area contributed by atoms with Crippen LogP contribution in [0.15, 0.2) is 109 Å². The molecule has 0 atom stereocenters. The summed E-state index contributed by atoms with van der Waals surface area (Å²) in [7, 11) is 0. The van der Waals surface area contributed by atoms with Gasteiger partial charge in [0, 0.05) is 74.0 Å². The van der Waals surface area contributed by atoms with Crippen molar-refractivity contribution in [3.8, 4) is 0 Å². The van der Waals surface area contributed by atoms with Gasteiger partial charge in [0.25, 0.3) is 23.6 Å². The quantitative estimate of drug-likeness (QED) is 0.144. The largest absolute Gasteiger partial charge is 0.398 e. The van der Waals surface area contributed by atoms with Crippen molar-refractivity contribution in [2.75, 3.05) is 91.7 Å². The van der Waals surface area contributed by atoms with E-state index in [1.807, 2.05) is 12.1 Å². The number of carbonyl (C=O) groups is 5. The number of rotatable bonds is 6. The third kappa shape index (κ3) is 7.76. The predicted octanol–water partition coefficient (Wildman–Crippen LogP) is 6.24. The van der Waals surface area contributed by atoms with Gasteiger partial charge in [-0.2, -0.15) is 0 Å². The van der Waals surface area contributed by atoms with Crippen molar-refractivity contribution >= 4 is 79.5 Å². The number of nitrogens with one attached hydrogen (secondary N) is 1. The zero-order valence-electron chi connectivity index (χ0n) is 33.8. The molecular formula is C48H43N5O9. The zero-order chi connectivity index (χ0) is 42.7. The normalized spacial score (nSPS) is 16.7. The third-order valence-electron chi connectivity index (χ3n) is 11.3. The summed E-state index contributed by atoms with van der Waals surface area (Å²) >= 11 is 0. The van der Waals surface area contributed by atoms with Crippen molar-refractivity contribution in [2.24, 2.45) is 0 Å². The van der Waals surface area contributed by atoms with E-state index >= 15 is 0 Å². The molecule has 314 valence electrons. The average Bonchev–Trinajstić information content (AvgIpc) is 3.29. The topological polar surface area (TPSA) is 170 Å². The van der Waals surface area contributed by atoms with Crippen LogP contribution in [0.5, 0.6) is 0 Å². The lowest BCUT2D eigenvalue weighted by Crippen LogP contribution is -2.40. The monoisotopic (exact) mass is 833 g/mol. The van der Waals surface area contributed by atoms with Gasteiger partial charge in [-0.3, -0.25) is 24.0 Å². The predicted molar refractivity (Wildman–Crippen MR) is 235 cm³/mol. The second-order valence-corrected chi connectivity index (χ2v) is 15.1. The second-order valence-electron chi connectivity index (χ2n) is 15.1. The first-order valence-electron chi connectivity index (χ1n) is 20.5. The highest BCUT2D eigenvalue weighted by atomic mass is 16.6. The Morgan fingerprint density at radius 1 is 0.500 bits per heavy atom. The van der Waals surface area contributed by atoms with Gasteiger partial charge < -0.3 is 34.9 Å². The lowest BCUT2D eigenvalue weighted by atomic mass is 9.92. The average molecular weight is 834 g/mol. The fourth-order valence-electron chi connectivity index (χ4n) is 8.23. The van der Waals surface area contributed by atoms with Gasteiger partial charge in [-0.1, -0.05) is 36.4 Å². The van der Waals surface area contributed by atoms with Gasteiger partial charge in [0.1, 0.15) is 0 Å². The van der Waals surface area contributed by atoms with Gasteiger partial charge in [0.15, 0.2) is 0 Å². The van der Waals surface area contributed by atoms with Crippen LogP contribution in [-0.2, 0) is 30.2 Å². The second kappa shape index (κ2) is 17.6. The van der Waals surface area contributed by atoms with E-state index < -0.39 is 23.6 Å².